The normalized spacial score (nSPS) is 13.4. The molecule has 6 heteroatoms. The summed E-state index contributed by atoms with van der Waals surface area (Å²) in [5.41, 5.74) is 9.14. The van der Waals surface area contributed by atoms with Gasteiger partial charge >= 0.3 is 0 Å². The molecule has 104 valence electrons. The van der Waals surface area contributed by atoms with Gasteiger partial charge in [-0.2, -0.15) is 0 Å². The van der Waals surface area contributed by atoms with Crippen LogP contribution in [0.25, 0.3) is 0 Å². The number of nitrogens with zero attached hydrogens (tertiary/aromatic N) is 1. The van der Waals surface area contributed by atoms with E-state index < -0.39 is 0 Å². The van der Waals surface area contributed by atoms with Crippen molar-refractivity contribution in [2.24, 2.45) is 5.73 Å². The summed E-state index contributed by atoms with van der Waals surface area (Å²) in [5, 5.41) is 8.73. The third-order valence-corrected chi connectivity index (χ3v) is 4.13. The van der Waals surface area contributed by atoms with Gasteiger partial charge in [-0.3, -0.25) is 4.79 Å². The number of rotatable bonds is 3. The van der Waals surface area contributed by atoms with Crippen molar-refractivity contribution in [1.82, 2.24) is 4.98 Å². The fraction of sp³-hybridized carbons (Fsp3) is 0.286. The van der Waals surface area contributed by atoms with Crippen LogP contribution in [0.3, 0.4) is 0 Å². The zero-order valence-electron chi connectivity index (χ0n) is 11.0. The molecule has 0 saturated heterocycles. The van der Waals surface area contributed by atoms with Gasteiger partial charge in [0, 0.05) is 29.8 Å². The quantitative estimate of drug-likeness (QED) is 0.809. The molecule has 1 aliphatic rings. The van der Waals surface area contributed by atoms with Crippen LogP contribution in [0.4, 0.5) is 11.4 Å². The fourth-order valence-corrected chi connectivity index (χ4v) is 2.91. The van der Waals surface area contributed by atoms with E-state index in [4.69, 9.17) is 5.73 Å². The molecule has 0 bridgehead atoms. The number of thiazole rings is 1. The molecule has 20 heavy (non-hydrogen) atoms. The number of anilines is 2. The topological polar surface area (TPSA) is 80.0 Å². The predicted molar refractivity (Wildman–Crippen MR) is 81.2 cm³/mol. The average Bonchev–Trinajstić information content (AvgIpc) is 2.96. The first-order valence-corrected chi connectivity index (χ1v) is 7.47. The second kappa shape index (κ2) is 5.60. The molecular formula is C14H16N4OS. The molecule has 4 N–H and O–H groups in total. The van der Waals surface area contributed by atoms with Crippen LogP contribution in [0.15, 0.2) is 23.6 Å². The van der Waals surface area contributed by atoms with E-state index in [1.54, 1.807) is 5.38 Å². The van der Waals surface area contributed by atoms with Crippen LogP contribution in [-0.4, -0.2) is 17.4 Å². The highest BCUT2D eigenvalue weighted by atomic mass is 32.1. The number of hydrogen-bond acceptors (Lipinski definition) is 5. The number of hydrogen-bond donors (Lipinski definition) is 3. The number of amides is 1. The molecule has 5 nitrogen and oxygen atoms in total. The number of fused-ring (bicyclic) bond motifs is 1. The zero-order valence-corrected chi connectivity index (χ0v) is 11.8. The van der Waals surface area contributed by atoms with Crippen LogP contribution in [0.5, 0.6) is 0 Å². The van der Waals surface area contributed by atoms with Crippen LogP contribution in [0, 0.1) is 0 Å². The molecule has 0 radical (unpaired) electrons. The molecule has 0 saturated carbocycles. The van der Waals surface area contributed by atoms with Crippen molar-refractivity contribution in [3.05, 3.63) is 39.8 Å². The number of benzene rings is 1. The Morgan fingerprint density at radius 3 is 3.20 bits per heavy atom. The standard InChI is InChI=1S/C14H16N4OS/c15-7-13-18-12(8-20-13)14(19)17-10-3-4-11-9(6-10)2-1-5-16-11/h3-4,6,8,16H,1-2,5,7,15H2,(H,17,19). The van der Waals surface area contributed by atoms with Gasteiger partial charge in [-0.05, 0) is 36.6 Å². The van der Waals surface area contributed by atoms with E-state index in [-0.39, 0.29) is 5.91 Å². The zero-order chi connectivity index (χ0) is 13.9. The summed E-state index contributed by atoms with van der Waals surface area (Å²) in [4.78, 5) is 16.3. The van der Waals surface area contributed by atoms with E-state index in [1.807, 2.05) is 18.2 Å². The third-order valence-electron chi connectivity index (χ3n) is 3.26. The summed E-state index contributed by atoms with van der Waals surface area (Å²) in [7, 11) is 0. The Morgan fingerprint density at radius 2 is 2.40 bits per heavy atom. The highest BCUT2D eigenvalue weighted by Crippen LogP contribution is 2.25. The van der Waals surface area contributed by atoms with E-state index in [2.05, 4.69) is 15.6 Å². The van der Waals surface area contributed by atoms with Gasteiger partial charge in [0.05, 0.1) is 0 Å². The number of nitrogens with one attached hydrogen (secondary N) is 2. The molecule has 1 aromatic heterocycles. The lowest BCUT2D eigenvalue weighted by Gasteiger charge is -2.18. The average molecular weight is 288 g/mol. The number of carbonyl (C=O) groups excluding carboxylic acids is 1. The lowest BCUT2D eigenvalue weighted by molar-refractivity contribution is 0.102. The smallest absolute Gasteiger partial charge is 0.275 e. The van der Waals surface area contributed by atoms with Crippen molar-refractivity contribution >= 4 is 28.6 Å². The van der Waals surface area contributed by atoms with Crippen LogP contribution < -0.4 is 16.4 Å². The Morgan fingerprint density at radius 1 is 1.50 bits per heavy atom. The van der Waals surface area contributed by atoms with Gasteiger partial charge in [0.25, 0.3) is 5.91 Å². The summed E-state index contributed by atoms with van der Waals surface area (Å²) >= 11 is 1.40. The molecule has 3 rings (SSSR count). The second-order valence-electron chi connectivity index (χ2n) is 4.69. The summed E-state index contributed by atoms with van der Waals surface area (Å²) in [5.74, 6) is -0.190. The van der Waals surface area contributed by atoms with Crippen molar-refractivity contribution in [1.29, 1.82) is 0 Å². The first-order chi connectivity index (χ1) is 9.76. The summed E-state index contributed by atoms with van der Waals surface area (Å²) in [6.07, 6.45) is 2.16. The Kier molecular flexibility index (Phi) is 3.66. The molecule has 0 unspecified atom stereocenters. The molecule has 1 aliphatic heterocycles. The van der Waals surface area contributed by atoms with Gasteiger partial charge in [-0.25, -0.2) is 4.98 Å². The van der Waals surface area contributed by atoms with Crippen LogP contribution in [0.2, 0.25) is 0 Å². The van der Waals surface area contributed by atoms with Gasteiger partial charge in [0.15, 0.2) is 0 Å². The second-order valence-corrected chi connectivity index (χ2v) is 5.63. The Hall–Kier alpha value is -1.92. The third kappa shape index (κ3) is 2.66. The van der Waals surface area contributed by atoms with E-state index in [0.29, 0.717) is 12.2 Å². The van der Waals surface area contributed by atoms with E-state index in [0.717, 1.165) is 35.8 Å². The minimum atomic E-state index is -0.190. The summed E-state index contributed by atoms with van der Waals surface area (Å²) < 4.78 is 0. The van der Waals surface area contributed by atoms with Crippen molar-refractivity contribution in [3.63, 3.8) is 0 Å². The molecular weight excluding hydrogens is 272 g/mol. The predicted octanol–water partition coefficient (Wildman–Crippen LogP) is 2.21. The van der Waals surface area contributed by atoms with Crippen LogP contribution >= 0.6 is 11.3 Å². The fourth-order valence-electron chi connectivity index (χ4n) is 2.26. The van der Waals surface area contributed by atoms with Gasteiger partial charge in [-0.1, -0.05) is 0 Å². The van der Waals surface area contributed by atoms with Crippen LogP contribution in [0.1, 0.15) is 27.5 Å². The maximum Gasteiger partial charge on any atom is 0.275 e. The van der Waals surface area contributed by atoms with E-state index in [1.165, 1.54) is 16.9 Å². The highest BCUT2D eigenvalue weighted by Gasteiger charge is 2.13. The number of aryl methyl sites for hydroxylation is 1. The molecule has 0 atom stereocenters. The van der Waals surface area contributed by atoms with Crippen LogP contribution in [-0.2, 0) is 13.0 Å². The molecule has 0 fully saturated rings. The summed E-state index contributed by atoms with van der Waals surface area (Å²) in [6, 6.07) is 5.94. The van der Waals surface area contributed by atoms with E-state index >= 15 is 0 Å². The molecule has 0 aliphatic carbocycles. The van der Waals surface area contributed by atoms with Gasteiger partial charge < -0.3 is 16.4 Å². The minimum absolute atomic E-state index is 0.190. The maximum atomic E-state index is 12.1. The van der Waals surface area contributed by atoms with Gasteiger partial charge in [0.1, 0.15) is 10.7 Å². The van der Waals surface area contributed by atoms with Crippen molar-refractivity contribution in [2.75, 3.05) is 17.2 Å². The lowest BCUT2D eigenvalue weighted by Crippen LogP contribution is -2.15. The SMILES string of the molecule is NCc1nc(C(=O)Nc2ccc3c(c2)CCCN3)cs1. The first-order valence-electron chi connectivity index (χ1n) is 6.59. The van der Waals surface area contributed by atoms with Gasteiger partial charge in [-0.15, -0.1) is 11.3 Å². The Balaban J connectivity index is 1.75. The number of carbonyl (C=O) groups is 1. The van der Waals surface area contributed by atoms with Crippen molar-refractivity contribution in [2.45, 2.75) is 19.4 Å². The maximum absolute atomic E-state index is 12.1. The highest BCUT2D eigenvalue weighted by molar-refractivity contribution is 7.09. The van der Waals surface area contributed by atoms with Gasteiger partial charge in [0.2, 0.25) is 0 Å². The largest absolute Gasteiger partial charge is 0.385 e. The molecule has 1 aromatic carbocycles. The Labute approximate surface area is 121 Å². The lowest BCUT2D eigenvalue weighted by atomic mass is 10.0. The van der Waals surface area contributed by atoms with Crippen molar-refractivity contribution in [3.8, 4) is 0 Å². The number of aromatic nitrogens is 1. The first kappa shape index (κ1) is 13.1. The van der Waals surface area contributed by atoms with E-state index in [9.17, 15) is 4.79 Å². The van der Waals surface area contributed by atoms with Crippen molar-refractivity contribution < 1.29 is 4.79 Å². The number of nitrogens with two attached hydrogens (primary N) is 1. The Bertz CT molecular complexity index is 638. The molecule has 1 amide bonds. The minimum Gasteiger partial charge on any atom is -0.385 e. The molecule has 2 aromatic rings. The molecule has 2 heterocycles. The monoisotopic (exact) mass is 288 g/mol. The summed E-state index contributed by atoms with van der Waals surface area (Å²) in [6.45, 7) is 1.38. The molecule has 0 spiro atoms.